The second kappa shape index (κ2) is 9.11. The quantitative estimate of drug-likeness (QED) is 0.738. The Balaban J connectivity index is 1.72. The summed E-state index contributed by atoms with van der Waals surface area (Å²) in [7, 11) is 3.94. The molecule has 0 spiro atoms. The maximum Gasteiger partial charge on any atom is 0.244 e. The number of piperidine rings is 1. The van der Waals surface area contributed by atoms with Crippen LogP contribution >= 0.6 is 0 Å². The molecule has 2 aromatic carbocycles. The van der Waals surface area contributed by atoms with E-state index in [0.29, 0.717) is 25.9 Å². The van der Waals surface area contributed by atoms with Crippen LogP contribution in [0, 0.1) is 13.8 Å². The molecule has 5 heteroatoms. The number of amides is 1. The number of hydrogen-bond acceptors (Lipinski definition) is 4. The molecule has 3 rings (SSSR count). The van der Waals surface area contributed by atoms with Crippen LogP contribution in [0.2, 0.25) is 0 Å². The number of rotatable bonds is 6. The van der Waals surface area contributed by atoms with E-state index in [1.807, 2.05) is 88.3 Å². The van der Waals surface area contributed by atoms with E-state index in [9.17, 15) is 9.59 Å². The van der Waals surface area contributed by atoms with Gasteiger partial charge in [0.2, 0.25) is 5.91 Å². The van der Waals surface area contributed by atoms with Gasteiger partial charge >= 0.3 is 0 Å². The predicted octanol–water partition coefficient (Wildman–Crippen LogP) is 3.91. The minimum atomic E-state index is -0.583. The van der Waals surface area contributed by atoms with Crippen molar-refractivity contribution < 1.29 is 9.59 Å². The molecule has 1 fully saturated rings. The summed E-state index contributed by atoms with van der Waals surface area (Å²) in [5.74, 6) is 0.166. The minimum absolute atomic E-state index is 0.0339. The lowest BCUT2D eigenvalue weighted by molar-refractivity contribution is -0.129. The highest BCUT2D eigenvalue weighted by molar-refractivity contribution is 6.00. The Morgan fingerprint density at radius 3 is 2.07 bits per heavy atom. The molecule has 30 heavy (non-hydrogen) atoms. The fraction of sp³-hybridized carbons (Fsp3) is 0.440. The highest BCUT2D eigenvalue weighted by Gasteiger charge is 2.44. The Hall–Kier alpha value is -2.50. The van der Waals surface area contributed by atoms with Gasteiger partial charge in [-0.25, -0.2) is 0 Å². The Bertz CT molecular complexity index is 880. The van der Waals surface area contributed by atoms with E-state index in [2.05, 4.69) is 10.2 Å². The number of hydrogen-bond donors (Lipinski definition) is 1. The predicted molar refractivity (Wildman–Crippen MR) is 122 cm³/mol. The lowest BCUT2D eigenvalue weighted by Gasteiger charge is -2.46. The first kappa shape index (κ1) is 22.2. The van der Waals surface area contributed by atoms with Crippen molar-refractivity contribution in [3.63, 3.8) is 0 Å². The van der Waals surface area contributed by atoms with Crippen molar-refractivity contribution in [1.82, 2.24) is 9.80 Å². The number of carbonyl (C=O) groups is 2. The maximum atomic E-state index is 13.4. The molecule has 1 atom stereocenters. The van der Waals surface area contributed by atoms with Gasteiger partial charge in [-0.2, -0.15) is 0 Å². The molecule has 1 aliphatic rings. The molecule has 0 aliphatic carbocycles. The van der Waals surface area contributed by atoms with Gasteiger partial charge in [-0.1, -0.05) is 48.5 Å². The van der Waals surface area contributed by atoms with Crippen molar-refractivity contribution in [3.8, 4) is 0 Å². The van der Waals surface area contributed by atoms with Crippen molar-refractivity contribution in [3.05, 3.63) is 65.2 Å². The van der Waals surface area contributed by atoms with Gasteiger partial charge in [0.1, 0.15) is 5.54 Å². The summed E-state index contributed by atoms with van der Waals surface area (Å²) in [6.07, 6.45) is 1.37. The van der Waals surface area contributed by atoms with Crippen LogP contribution < -0.4 is 5.32 Å². The maximum absolute atomic E-state index is 13.4. The van der Waals surface area contributed by atoms with E-state index < -0.39 is 5.54 Å². The molecule has 0 bridgehead atoms. The summed E-state index contributed by atoms with van der Waals surface area (Å²) in [5.41, 5.74) is 3.19. The number of likely N-dealkylation sites (tertiary alicyclic amines) is 1. The fourth-order valence-electron chi connectivity index (χ4n) is 4.41. The van der Waals surface area contributed by atoms with Crippen LogP contribution in [0.3, 0.4) is 0 Å². The third-order valence-corrected chi connectivity index (χ3v) is 6.61. The number of ketones is 1. The van der Waals surface area contributed by atoms with E-state index in [4.69, 9.17) is 0 Å². The number of para-hydroxylation sites is 1. The lowest BCUT2D eigenvalue weighted by Crippen LogP contribution is -2.61. The summed E-state index contributed by atoms with van der Waals surface area (Å²) >= 11 is 0. The average Bonchev–Trinajstić information content (AvgIpc) is 2.75. The summed E-state index contributed by atoms with van der Waals surface area (Å²) in [4.78, 5) is 30.5. The van der Waals surface area contributed by atoms with E-state index in [0.717, 1.165) is 22.4 Å². The Morgan fingerprint density at radius 1 is 0.967 bits per heavy atom. The zero-order valence-corrected chi connectivity index (χ0v) is 18.7. The zero-order valence-electron chi connectivity index (χ0n) is 18.7. The first-order valence-electron chi connectivity index (χ1n) is 10.6. The standard InChI is InChI=1S/C25H33N3O2/c1-18-10-9-11-19(2)22(18)26-24(30)25(27(4)5)14-16-28(17-15-25)20(3)23(29)21-12-7-6-8-13-21/h6-13,20H,14-17H2,1-5H3,(H,26,30). The molecule has 0 aromatic heterocycles. The van der Waals surface area contributed by atoms with Crippen molar-refractivity contribution in [2.24, 2.45) is 0 Å². The number of nitrogens with one attached hydrogen (secondary N) is 1. The Morgan fingerprint density at radius 2 is 1.53 bits per heavy atom. The lowest BCUT2D eigenvalue weighted by atomic mass is 9.84. The fourth-order valence-corrected chi connectivity index (χ4v) is 4.41. The van der Waals surface area contributed by atoms with Crippen LogP contribution in [-0.2, 0) is 4.79 Å². The normalized spacial score (nSPS) is 17.5. The summed E-state index contributed by atoms with van der Waals surface area (Å²) < 4.78 is 0. The molecule has 1 heterocycles. The number of likely N-dealkylation sites (N-methyl/N-ethyl adjacent to an activating group) is 1. The molecule has 1 N–H and O–H groups in total. The van der Waals surface area contributed by atoms with Gasteiger partial charge < -0.3 is 5.32 Å². The topological polar surface area (TPSA) is 52.7 Å². The van der Waals surface area contributed by atoms with Gasteiger partial charge in [0.15, 0.2) is 5.78 Å². The molecule has 5 nitrogen and oxygen atoms in total. The van der Waals surface area contributed by atoms with E-state index >= 15 is 0 Å². The largest absolute Gasteiger partial charge is 0.324 e. The third-order valence-electron chi connectivity index (χ3n) is 6.61. The average molecular weight is 408 g/mol. The van der Waals surface area contributed by atoms with Crippen molar-refractivity contribution in [1.29, 1.82) is 0 Å². The second-order valence-corrected chi connectivity index (χ2v) is 8.59. The van der Waals surface area contributed by atoms with Crippen molar-refractivity contribution >= 4 is 17.4 Å². The third kappa shape index (κ3) is 4.32. The second-order valence-electron chi connectivity index (χ2n) is 8.59. The van der Waals surface area contributed by atoms with Gasteiger partial charge in [-0.05, 0) is 58.8 Å². The monoisotopic (exact) mass is 407 g/mol. The van der Waals surface area contributed by atoms with Gasteiger partial charge in [-0.15, -0.1) is 0 Å². The Kier molecular flexibility index (Phi) is 6.74. The van der Waals surface area contributed by atoms with Crippen LogP contribution in [0.25, 0.3) is 0 Å². The molecular formula is C25H33N3O2. The van der Waals surface area contributed by atoms with Gasteiger partial charge in [0, 0.05) is 24.3 Å². The number of nitrogens with zero attached hydrogens (tertiary/aromatic N) is 2. The van der Waals surface area contributed by atoms with Crippen LogP contribution in [0.4, 0.5) is 5.69 Å². The number of aryl methyl sites for hydroxylation is 2. The molecule has 2 aromatic rings. The van der Waals surface area contributed by atoms with E-state index in [1.165, 1.54) is 0 Å². The van der Waals surface area contributed by atoms with Crippen LogP contribution in [-0.4, -0.2) is 60.3 Å². The molecule has 1 saturated heterocycles. The highest BCUT2D eigenvalue weighted by atomic mass is 16.2. The minimum Gasteiger partial charge on any atom is -0.324 e. The number of carbonyl (C=O) groups excluding carboxylic acids is 2. The summed E-state index contributed by atoms with van der Waals surface area (Å²) in [6, 6.07) is 15.3. The molecule has 1 amide bonds. The SMILES string of the molecule is Cc1cccc(C)c1NC(=O)C1(N(C)C)CCN(C(C)C(=O)c2ccccc2)CC1. The molecule has 0 radical (unpaired) electrons. The summed E-state index contributed by atoms with van der Waals surface area (Å²) in [6.45, 7) is 7.42. The van der Waals surface area contributed by atoms with E-state index in [1.54, 1.807) is 0 Å². The Labute approximate surface area is 180 Å². The van der Waals surface area contributed by atoms with Crippen LogP contribution in [0.5, 0.6) is 0 Å². The molecule has 0 saturated carbocycles. The van der Waals surface area contributed by atoms with Crippen molar-refractivity contribution in [2.45, 2.75) is 45.2 Å². The van der Waals surface area contributed by atoms with Gasteiger partial charge in [-0.3, -0.25) is 19.4 Å². The highest BCUT2D eigenvalue weighted by Crippen LogP contribution is 2.31. The first-order valence-corrected chi connectivity index (χ1v) is 10.6. The number of benzene rings is 2. The molecule has 1 aliphatic heterocycles. The zero-order chi connectivity index (χ0) is 21.9. The smallest absolute Gasteiger partial charge is 0.244 e. The van der Waals surface area contributed by atoms with Crippen LogP contribution in [0.15, 0.2) is 48.5 Å². The van der Waals surface area contributed by atoms with Crippen molar-refractivity contribution in [2.75, 3.05) is 32.5 Å². The number of anilines is 1. The molecular weight excluding hydrogens is 374 g/mol. The van der Waals surface area contributed by atoms with Gasteiger partial charge in [0.25, 0.3) is 0 Å². The first-order chi connectivity index (χ1) is 14.3. The number of Topliss-reactive ketones (excluding diaryl/α,β-unsaturated/α-hetero) is 1. The summed E-state index contributed by atoms with van der Waals surface area (Å²) in [5, 5.41) is 3.20. The molecule has 160 valence electrons. The van der Waals surface area contributed by atoms with E-state index in [-0.39, 0.29) is 17.7 Å². The van der Waals surface area contributed by atoms with Gasteiger partial charge in [0.05, 0.1) is 6.04 Å². The van der Waals surface area contributed by atoms with Crippen LogP contribution in [0.1, 0.15) is 41.3 Å². The molecule has 1 unspecified atom stereocenters.